The van der Waals surface area contributed by atoms with Crippen LogP contribution >= 0.6 is 0 Å². The summed E-state index contributed by atoms with van der Waals surface area (Å²) in [4.78, 5) is 16.2. The van der Waals surface area contributed by atoms with Gasteiger partial charge in [0.05, 0.1) is 12.6 Å². The van der Waals surface area contributed by atoms with Crippen LogP contribution in [0.25, 0.3) is 0 Å². The number of aliphatic hydroxyl groups excluding tert-OH is 1. The Morgan fingerprint density at radius 2 is 2.05 bits per heavy atom. The summed E-state index contributed by atoms with van der Waals surface area (Å²) < 4.78 is 0. The predicted octanol–water partition coefficient (Wildman–Crippen LogP) is 1.39. The summed E-state index contributed by atoms with van der Waals surface area (Å²) in [5.74, 6) is 0.515. The van der Waals surface area contributed by atoms with Crippen LogP contribution in [0.4, 0.5) is 0 Å². The summed E-state index contributed by atoms with van der Waals surface area (Å²) in [6, 6.07) is 8.81. The number of hydrogen-bond acceptors (Lipinski definition) is 4. The van der Waals surface area contributed by atoms with E-state index in [9.17, 15) is 9.90 Å². The minimum absolute atomic E-state index is 0.0862. The summed E-state index contributed by atoms with van der Waals surface area (Å²) in [5.41, 5.74) is 0.836. The van der Waals surface area contributed by atoms with Gasteiger partial charge in [0.15, 0.2) is 0 Å². The van der Waals surface area contributed by atoms with Gasteiger partial charge in [-0.2, -0.15) is 0 Å². The fourth-order valence-electron chi connectivity index (χ4n) is 1.78. The molecule has 6 heteroatoms. The number of carbonyl (C=O) groups is 1. The summed E-state index contributed by atoms with van der Waals surface area (Å²) in [6.45, 7) is 3.74. The fraction of sp³-hybridized carbons (Fsp3) is 0.357. The second-order valence-corrected chi connectivity index (χ2v) is 4.82. The van der Waals surface area contributed by atoms with Crippen molar-refractivity contribution in [2.45, 2.75) is 25.8 Å². The first-order valence-electron chi connectivity index (χ1n) is 6.50. The van der Waals surface area contributed by atoms with E-state index in [1.54, 1.807) is 0 Å². The number of hydrogen-bond donors (Lipinski definition) is 3. The highest BCUT2D eigenvalue weighted by Gasteiger charge is 2.18. The van der Waals surface area contributed by atoms with Crippen LogP contribution in [-0.2, 0) is 0 Å². The van der Waals surface area contributed by atoms with Crippen molar-refractivity contribution in [1.29, 1.82) is 0 Å². The third kappa shape index (κ3) is 3.21. The Balaban J connectivity index is 2.09. The van der Waals surface area contributed by atoms with E-state index in [4.69, 9.17) is 0 Å². The first-order chi connectivity index (χ1) is 9.61. The number of nitrogens with zero attached hydrogens (tertiary/aromatic N) is 2. The number of rotatable bonds is 5. The molecule has 0 saturated heterocycles. The molecule has 3 N–H and O–H groups in total. The van der Waals surface area contributed by atoms with E-state index in [1.807, 2.05) is 44.2 Å². The average molecular weight is 274 g/mol. The van der Waals surface area contributed by atoms with Crippen LogP contribution in [0.5, 0.6) is 0 Å². The highest BCUT2D eigenvalue weighted by molar-refractivity contribution is 5.90. The molecule has 1 atom stereocenters. The molecule has 1 aromatic heterocycles. The molecule has 0 fully saturated rings. The van der Waals surface area contributed by atoms with Crippen LogP contribution < -0.4 is 5.32 Å². The van der Waals surface area contributed by atoms with Gasteiger partial charge in [0.25, 0.3) is 5.91 Å². The second-order valence-electron chi connectivity index (χ2n) is 4.82. The molecule has 106 valence electrons. The van der Waals surface area contributed by atoms with Crippen LogP contribution in [0.1, 0.15) is 47.8 Å². The largest absolute Gasteiger partial charge is 0.394 e. The predicted molar refractivity (Wildman–Crippen MR) is 74.2 cm³/mol. The normalized spacial score (nSPS) is 12.4. The molecule has 2 rings (SSSR count). The fourth-order valence-corrected chi connectivity index (χ4v) is 1.78. The SMILES string of the molecule is CC(C)c1nc(C(=O)N[C@H](CO)c2ccccc2)n[nH]1. The first-order valence-corrected chi connectivity index (χ1v) is 6.50. The van der Waals surface area contributed by atoms with Crippen molar-refractivity contribution >= 4 is 5.91 Å². The highest BCUT2D eigenvalue weighted by atomic mass is 16.3. The Bertz CT molecular complexity index is 566. The topological polar surface area (TPSA) is 90.9 Å². The molecule has 0 radical (unpaired) electrons. The Morgan fingerprint density at radius 3 is 2.60 bits per heavy atom. The van der Waals surface area contributed by atoms with Gasteiger partial charge in [-0.25, -0.2) is 4.98 Å². The minimum Gasteiger partial charge on any atom is -0.394 e. The molecular weight excluding hydrogens is 256 g/mol. The van der Waals surface area contributed by atoms with E-state index in [0.29, 0.717) is 5.82 Å². The lowest BCUT2D eigenvalue weighted by Gasteiger charge is -2.15. The number of amides is 1. The van der Waals surface area contributed by atoms with Gasteiger partial charge in [0.1, 0.15) is 5.82 Å². The maximum Gasteiger partial charge on any atom is 0.291 e. The number of benzene rings is 1. The lowest BCUT2D eigenvalue weighted by atomic mass is 10.1. The molecule has 0 spiro atoms. The number of H-pyrrole nitrogens is 1. The molecule has 0 unspecified atom stereocenters. The Hall–Kier alpha value is -2.21. The second kappa shape index (κ2) is 6.29. The molecule has 1 aromatic carbocycles. The molecule has 0 saturated carbocycles. The smallest absolute Gasteiger partial charge is 0.291 e. The van der Waals surface area contributed by atoms with Gasteiger partial charge < -0.3 is 10.4 Å². The molecule has 0 aliphatic heterocycles. The molecule has 2 aromatic rings. The van der Waals surface area contributed by atoms with Crippen LogP contribution in [0.3, 0.4) is 0 Å². The lowest BCUT2D eigenvalue weighted by molar-refractivity contribution is 0.0906. The minimum atomic E-state index is -0.468. The molecule has 20 heavy (non-hydrogen) atoms. The van der Waals surface area contributed by atoms with Crippen molar-refractivity contribution in [2.24, 2.45) is 0 Å². The van der Waals surface area contributed by atoms with Gasteiger partial charge in [0.2, 0.25) is 5.82 Å². The van der Waals surface area contributed by atoms with Gasteiger partial charge in [0, 0.05) is 5.92 Å². The van der Waals surface area contributed by atoms with Crippen LogP contribution in [0.2, 0.25) is 0 Å². The first kappa shape index (κ1) is 14.2. The van der Waals surface area contributed by atoms with E-state index in [0.717, 1.165) is 5.56 Å². The molecule has 1 amide bonds. The number of aromatic nitrogens is 3. The summed E-state index contributed by atoms with van der Waals surface area (Å²) >= 11 is 0. The molecule has 0 bridgehead atoms. The highest BCUT2D eigenvalue weighted by Crippen LogP contribution is 2.13. The molecule has 0 aliphatic rings. The van der Waals surface area contributed by atoms with Gasteiger partial charge >= 0.3 is 0 Å². The average Bonchev–Trinajstić information content (AvgIpc) is 2.95. The summed E-state index contributed by atoms with van der Waals surface area (Å²) in [5, 5.41) is 18.7. The standard InChI is InChI=1S/C14H18N4O2/c1-9(2)12-16-13(18-17-12)14(20)15-11(8-19)10-6-4-3-5-7-10/h3-7,9,11,19H,8H2,1-2H3,(H,15,20)(H,16,17,18)/t11-/m1/s1. The Labute approximate surface area is 117 Å². The van der Waals surface area contributed by atoms with Gasteiger partial charge in [-0.15, -0.1) is 5.10 Å². The summed E-state index contributed by atoms with van der Waals surface area (Å²) in [6.07, 6.45) is 0. The van der Waals surface area contributed by atoms with Gasteiger partial charge in [-0.1, -0.05) is 44.2 Å². The zero-order chi connectivity index (χ0) is 14.5. The van der Waals surface area contributed by atoms with Crippen LogP contribution in [0, 0.1) is 0 Å². The van der Waals surface area contributed by atoms with Crippen molar-refractivity contribution in [3.8, 4) is 0 Å². The van der Waals surface area contributed by atoms with Crippen molar-refractivity contribution in [2.75, 3.05) is 6.61 Å². The monoisotopic (exact) mass is 274 g/mol. The van der Waals surface area contributed by atoms with Crippen molar-refractivity contribution in [3.63, 3.8) is 0 Å². The van der Waals surface area contributed by atoms with Crippen LogP contribution in [0.15, 0.2) is 30.3 Å². The summed E-state index contributed by atoms with van der Waals surface area (Å²) in [7, 11) is 0. The van der Waals surface area contributed by atoms with Crippen molar-refractivity contribution in [3.05, 3.63) is 47.5 Å². The van der Waals surface area contributed by atoms with E-state index in [-0.39, 0.29) is 18.3 Å². The van der Waals surface area contributed by atoms with Crippen LogP contribution in [-0.4, -0.2) is 32.8 Å². The molecule has 6 nitrogen and oxygen atoms in total. The third-order valence-corrected chi connectivity index (χ3v) is 2.94. The maximum absolute atomic E-state index is 12.1. The quantitative estimate of drug-likeness (QED) is 0.768. The lowest BCUT2D eigenvalue weighted by Crippen LogP contribution is -2.31. The number of aromatic amines is 1. The third-order valence-electron chi connectivity index (χ3n) is 2.94. The van der Waals surface area contributed by atoms with E-state index in [1.165, 1.54) is 0 Å². The number of nitrogens with one attached hydrogen (secondary N) is 2. The van der Waals surface area contributed by atoms with Crippen molar-refractivity contribution < 1.29 is 9.90 Å². The molecular formula is C14H18N4O2. The van der Waals surface area contributed by atoms with E-state index >= 15 is 0 Å². The van der Waals surface area contributed by atoms with Gasteiger partial charge in [-0.05, 0) is 5.56 Å². The zero-order valence-corrected chi connectivity index (χ0v) is 11.5. The Kier molecular flexibility index (Phi) is 4.47. The number of aliphatic hydroxyl groups is 1. The van der Waals surface area contributed by atoms with E-state index < -0.39 is 11.9 Å². The Morgan fingerprint density at radius 1 is 1.35 bits per heavy atom. The molecule has 0 aliphatic carbocycles. The van der Waals surface area contributed by atoms with E-state index in [2.05, 4.69) is 20.5 Å². The maximum atomic E-state index is 12.1. The number of carbonyl (C=O) groups excluding carboxylic acids is 1. The zero-order valence-electron chi connectivity index (χ0n) is 11.5. The van der Waals surface area contributed by atoms with Crippen molar-refractivity contribution in [1.82, 2.24) is 20.5 Å². The molecule has 1 heterocycles. The van der Waals surface area contributed by atoms with Gasteiger partial charge in [-0.3, -0.25) is 9.89 Å².